The lowest BCUT2D eigenvalue weighted by Crippen LogP contribution is -2.22. The highest BCUT2D eigenvalue weighted by Gasteiger charge is 2.15. The molecule has 108 valence electrons. The molecule has 2 aromatic rings. The van der Waals surface area contributed by atoms with E-state index in [-0.39, 0.29) is 11.2 Å². The number of carbonyl (C=O) groups excluding carboxylic acids is 1. The van der Waals surface area contributed by atoms with Crippen molar-refractivity contribution in [3.8, 4) is 11.5 Å². The highest BCUT2D eigenvalue weighted by Crippen LogP contribution is 2.25. The van der Waals surface area contributed by atoms with E-state index in [9.17, 15) is 4.79 Å². The summed E-state index contributed by atoms with van der Waals surface area (Å²) < 4.78 is 5.28. The summed E-state index contributed by atoms with van der Waals surface area (Å²) in [5, 5.41) is 5.29. The van der Waals surface area contributed by atoms with Gasteiger partial charge in [-0.25, -0.2) is 4.98 Å². The fraction of sp³-hybridized carbons (Fsp3) is 0.429. The molecule has 20 heavy (non-hydrogen) atoms. The second kappa shape index (κ2) is 7.50. The number of nitrogens with one attached hydrogen (secondary N) is 1. The van der Waals surface area contributed by atoms with E-state index in [0.29, 0.717) is 10.9 Å². The van der Waals surface area contributed by atoms with Crippen molar-refractivity contribution in [2.75, 3.05) is 11.1 Å². The van der Waals surface area contributed by atoms with Gasteiger partial charge in [-0.2, -0.15) is 0 Å². The highest BCUT2D eigenvalue weighted by atomic mass is 32.2. The Bertz CT molecular complexity index is 537. The minimum absolute atomic E-state index is 0.00597. The molecule has 0 radical (unpaired) electrons. The van der Waals surface area contributed by atoms with Crippen molar-refractivity contribution in [3.05, 3.63) is 23.8 Å². The van der Waals surface area contributed by atoms with Gasteiger partial charge in [-0.15, -0.1) is 23.1 Å². The number of thioether (sulfide) groups is 1. The molecule has 0 saturated heterocycles. The monoisotopic (exact) mass is 310 g/mol. The summed E-state index contributed by atoms with van der Waals surface area (Å²) >= 11 is 3.09. The Labute approximate surface area is 127 Å². The summed E-state index contributed by atoms with van der Waals surface area (Å²) in [5.41, 5.74) is 0.751. The number of amides is 1. The van der Waals surface area contributed by atoms with Gasteiger partial charge in [0.1, 0.15) is 5.69 Å². The molecule has 0 aliphatic carbocycles. The van der Waals surface area contributed by atoms with Crippen LogP contribution in [0.5, 0.6) is 0 Å². The molecule has 1 atom stereocenters. The summed E-state index contributed by atoms with van der Waals surface area (Å²) in [6.07, 6.45) is 3.90. The van der Waals surface area contributed by atoms with Crippen LogP contribution in [-0.4, -0.2) is 21.9 Å². The normalized spacial score (nSPS) is 12.3. The van der Waals surface area contributed by atoms with E-state index in [4.69, 9.17) is 4.42 Å². The van der Waals surface area contributed by atoms with Gasteiger partial charge < -0.3 is 9.73 Å². The average molecular weight is 310 g/mol. The van der Waals surface area contributed by atoms with Crippen LogP contribution in [0, 0.1) is 0 Å². The van der Waals surface area contributed by atoms with Gasteiger partial charge in [-0.05, 0) is 31.2 Å². The van der Waals surface area contributed by atoms with Crippen LogP contribution in [-0.2, 0) is 4.79 Å². The van der Waals surface area contributed by atoms with Gasteiger partial charge >= 0.3 is 0 Å². The Balaban J connectivity index is 1.88. The van der Waals surface area contributed by atoms with Gasteiger partial charge in [0.05, 0.1) is 11.5 Å². The van der Waals surface area contributed by atoms with Gasteiger partial charge in [0.15, 0.2) is 10.9 Å². The molecule has 0 fully saturated rings. The first-order valence-corrected chi connectivity index (χ1v) is 8.55. The number of rotatable bonds is 7. The zero-order chi connectivity index (χ0) is 14.4. The molecule has 0 aromatic carbocycles. The molecule has 0 saturated carbocycles. The quantitative estimate of drug-likeness (QED) is 0.776. The third-order valence-corrected chi connectivity index (χ3v) is 4.74. The minimum Gasteiger partial charge on any atom is -0.463 e. The number of nitrogens with zero attached hydrogens (tertiary/aromatic N) is 1. The van der Waals surface area contributed by atoms with E-state index in [0.717, 1.165) is 24.3 Å². The molecule has 2 rings (SSSR count). The topological polar surface area (TPSA) is 55.1 Å². The molecule has 1 N–H and O–H groups in total. The third-order valence-electron chi connectivity index (χ3n) is 2.74. The molecule has 0 spiro atoms. The minimum atomic E-state index is -0.0579. The Morgan fingerprint density at radius 1 is 1.60 bits per heavy atom. The van der Waals surface area contributed by atoms with Crippen molar-refractivity contribution in [1.29, 1.82) is 0 Å². The van der Waals surface area contributed by atoms with Crippen molar-refractivity contribution >= 4 is 34.1 Å². The van der Waals surface area contributed by atoms with Crippen LogP contribution in [0.2, 0.25) is 0 Å². The Kier molecular flexibility index (Phi) is 5.67. The van der Waals surface area contributed by atoms with E-state index in [1.54, 1.807) is 18.0 Å². The highest BCUT2D eigenvalue weighted by molar-refractivity contribution is 8.00. The molecule has 2 heterocycles. The molecule has 4 nitrogen and oxygen atoms in total. The number of anilines is 1. The largest absolute Gasteiger partial charge is 0.463 e. The number of hydrogen-bond acceptors (Lipinski definition) is 5. The van der Waals surface area contributed by atoms with E-state index >= 15 is 0 Å². The smallest absolute Gasteiger partial charge is 0.238 e. The fourth-order valence-corrected chi connectivity index (χ4v) is 3.28. The predicted molar refractivity (Wildman–Crippen MR) is 85.3 cm³/mol. The number of furan rings is 1. The second-order valence-corrected chi connectivity index (χ2v) is 6.68. The Morgan fingerprint density at radius 3 is 3.15 bits per heavy atom. The van der Waals surface area contributed by atoms with Gasteiger partial charge in [0.25, 0.3) is 0 Å². The SMILES string of the molecule is CCCCSC(C)C(=O)Nc1nc(-c2ccco2)cs1. The maximum Gasteiger partial charge on any atom is 0.238 e. The Morgan fingerprint density at radius 2 is 2.45 bits per heavy atom. The lowest BCUT2D eigenvalue weighted by atomic mass is 10.4. The summed E-state index contributed by atoms with van der Waals surface area (Å²) in [6.45, 7) is 4.08. The first-order chi connectivity index (χ1) is 9.70. The average Bonchev–Trinajstić information content (AvgIpc) is 3.08. The van der Waals surface area contributed by atoms with Crippen molar-refractivity contribution in [1.82, 2.24) is 4.98 Å². The van der Waals surface area contributed by atoms with Crippen molar-refractivity contribution in [2.45, 2.75) is 31.9 Å². The standard InChI is InChI=1S/C14H18N2O2S2/c1-3-4-8-19-10(2)13(17)16-14-15-11(9-20-14)12-6-5-7-18-12/h5-7,9-10H,3-4,8H2,1-2H3,(H,15,16,17). The summed E-state index contributed by atoms with van der Waals surface area (Å²) in [5.74, 6) is 1.74. The van der Waals surface area contributed by atoms with Gasteiger partial charge in [-0.1, -0.05) is 13.3 Å². The van der Waals surface area contributed by atoms with Crippen LogP contribution in [0.15, 0.2) is 28.2 Å². The number of hydrogen-bond donors (Lipinski definition) is 1. The fourth-order valence-electron chi connectivity index (χ4n) is 1.56. The van der Waals surface area contributed by atoms with E-state index < -0.39 is 0 Å². The molecule has 0 bridgehead atoms. The van der Waals surface area contributed by atoms with Crippen LogP contribution in [0.3, 0.4) is 0 Å². The maximum absolute atomic E-state index is 12.0. The van der Waals surface area contributed by atoms with E-state index in [1.807, 2.05) is 24.4 Å². The molecule has 2 aromatic heterocycles. The predicted octanol–water partition coefficient (Wildman–Crippen LogP) is 4.26. The lowest BCUT2D eigenvalue weighted by Gasteiger charge is -2.09. The van der Waals surface area contributed by atoms with Crippen LogP contribution >= 0.6 is 23.1 Å². The van der Waals surface area contributed by atoms with E-state index in [1.165, 1.54) is 11.3 Å². The number of unbranched alkanes of at least 4 members (excludes halogenated alkanes) is 1. The number of carbonyl (C=O) groups is 1. The molecule has 0 aliphatic rings. The molecule has 1 amide bonds. The van der Waals surface area contributed by atoms with Crippen LogP contribution < -0.4 is 5.32 Å². The first kappa shape index (κ1) is 15.1. The van der Waals surface area contributed by atoms with Gasteiger partial charge in [0, 0.05) is 5.38 Å². The van der Waals surface area contributed by atoms with E-state index in [2.05, 4.69) is 17.2 Å². The molecule has 6 heteroatoms. The van der Waals surface area contributed by atoms with Crippen molar-refractivity contribution in [3.63, 3.8) is 0 Å². The van der Waals surface area contributed by atoms with Crippen LogP contribution in [0.25, 0.3) is 11.5 Å². The van der Waals surface area contributed by atoms with Crippen LogP contribution in [0.1, 0.15) is 26.7 Å². The number of thiazole rings is 1. The summed E-state index contributed by atoms with van der Waals surface area (Å²) in [7, 11) is 0. The van der Waals surface area contributed by atoms with Gasteiger partial charge in [0.2, 0.25) is 5.91 Å². The maximum atomic E-state index is 12.0. The molecule has 0 aliphatic heterocycles. The molecular weight excluding hydrogens is 292 g/mol. The van der Waals surface area contributed by atoms with Crippen LogP contribution in [0.4, 0.5) is 5.13 Å². The number of aromatic nitrogens is 1. The lowest BCUT2D eigenvalue weighted by molar-refractivity contribution is -0.115. The summed E-state index contributed by atoms with van der Waals surface area (Å²) in [4.78, 5) is 16.4. The Hall–Kier alpha value is -1.27. The third kappa shape index (κ3) is 4.11. The molecule has 1 unspecified atom stereocenters. The first-order valence-electron chi connectivity index (χ1n) is 6.62. The zero-order valence-electron chi connectivity index (χ0n) is 11.6. The van der Waals surface area contributed by atoms with Crippen molar-refractivity contribution < 1.29 is 9.21 Å². The summed E-state index contributed by atoms with van der Waals surface area (Å²) in [6, 6.07) is 3.67. The molecular formula is C14H18N2O2S2. The zero-order valence-corrected chi connectivity index (χ0v) is 13.2. The van der Waals surface area contributed by atoms with Crippen molar-refractivity contribution in [2.24, 2.45) is 0 Å². The second-order valence-electron chi connectivity index (χ2n) is 4.37. The van der Waals surface area contributed by atoms with Gasteiger partial charge in [-0.3, -0.25) is 4.79 Å².